The quantitative estimate of drug-likeness (QED) is 0.298. The van der Waals surface area contributed by atoms with E-state index in [0.717, 1.165) is 6.07 Å². The molecule has 0 aromatic carbocycles. The van der Waals surface area contributed by atoms with Gasteiger partial charge in [-0.05, 0) is 38.9 Å². The number of hydrogen-bond acceptors (Lipinski definition) is 9. The number of hydrogen-bond donors (Lipinski definition) is 3. The molecule has 0 aliphatic carbocycles. The first-order valence-electron chi connectivity index (χ1n) is 10.9. The monoisotopic (exact) mass is 497 g/mol. The number of methoxy groups -OCH3 is 1. The normalized spacial score (nSPS) is 12.6. The van der Waals surface area contributed by atoms with Crippen molar-refractivity contribution in [3.05, 3.63) is 23.0 Å². The Bertz CT molecular complexity index is 1220. The molecule has 3 aromatic rings. The Kier molecular flexibility index (Phi) is 7.78. The molecule has 0 bridgehead atoms. The van der Waals surface area contributed by atoms with E-state index >= 15 is 4.39 Å². The molecular weight excluding hydrogens is 470 g/mol. The van der Waals surface area contributed by atoms with E-state index in [2.05, 4.69) is 30.6 Å². The summed E-state index contributed by atoms with van der Waals surface area (Å²) in [4.78, 5) is 16.3. The Hall–Kier alpha value is -3.48. The third-order valence-corrected chi connectivity index (χ3v) is 5.21. The molecule has 0 saturated carbocycles. The highest BCUT2D eigenvalue weighted by Gasteiger charge is 2.38. The molecule has 1 atom stereocenters. The number of fused-ring (bicyclic) bond motifs is 1. The van der Waals surface area contributed by atoms with Crippen LogP contribution in [0.5, 0.6) is 11.9 Å². The van der Waals surface area contributed by atoms with Crippen LogP contribution in [0.2, 0.25) is 0 Å². The summed E-state index contributed by atoms with van der Waals surface area (Å²) in [5.41, 5.74) is 2.57. The molecule has 13 heteroatoms. The Morgan fingerprint density at radius 1 is 1.11 bits per heavy atom. The lowest BCUT2D eigenvalue weighted by Gasteiger charge is -2.20. The number of likely N-dealkylation sites (N-methyl/N-ethyl adjacent to an activating group) is 1. The SMILES string of the molecule is CCC(C)Oc1nc(-c2nc(N)cc(C)c2C(F)(F)F)c(F)c2nc(OC)nc(NCCNC)c12. The number of nitrogens with one attached hydrogen (secondary N) is 2. The minimum Gasteiger partial charge on any atom is -0.474 e. The molecule has 0 fully saturated rings. The van der Waals surface area contributed by atoms with Crippen LogP contribution in [-0.4, -0.2) is 53.3 Å². The van der Waals surface area contributed by atoms with Gasteiger partial charge < -0.3 is 25.8 Å². The second kappa shape index (κ2) is 10.4. The van der Waals surface area contributed by atoms with Gasteiger partial charge in [0.25, 0.3) is 0 Å². The van der Waals surface area contributed by atoms with Gasteiger partial charge in [-0.15, -0.1) is 0 Å². The van der Waals surface area contributed by atoms with Crippen molar-refractivity contribution in [1.82, 2.24) is 25.3 Å². The maximum absolute atomic E-state index is 15.9. The lowest BCUT2D eigenvalue weighted by Crippen LogP contribution is -2.19. The Balaban J connectivity index is 2.42. The Morgan fingerprint density at radius 2 is 1.83 bits per heavy atom. The summed E-state index contributed by atoms with van der Waals surface area (Å²) < 4.78 is 68.8. The van der Waals surface area contributed by atoms with Crippen molar-refractivity contribution < 1.29 is 27.0 Å². The molecule has 0 spiro atoms. The van der Waals surface area contributed by atoms with Gasteiger partial charge in [-0.3, -0.25) is 0 Å². The first kappa shape index (κ1) is 26.1. The summed E-state index contributed by atoms with van der Waals surface area (Å²) in [6.07, 6.45) is -4.68. The van der Waals surface area contributed by atoms with Gasteiger partial charge in [0.2, 0.25) is 5.88 Å². The summed E-state index contributed by atoms with van der Waals surface area (Å²) in [7, 11) is 3.05. The van der Waals surface area contributed by atoms with Crippen molar-refractivity contribution in [2.45, 2.75) is 39.5 Å². The molecule has 190 valence electrons. The number of nitrogens with zero attached hydrogens (tertiary/aromatic N) is 4. The van der Waals surface area contributed by atoms with Crippen molar-refractivity contribution in [3.63, 3.8) is 0 Å². The predicted molar refractivity (Wildman–Crippen MR) is 124 cm³/mol. The maximum atomic E-state index is 15.9. The minimum absolute atomic E-state index is 0.0673. The number of alkyl halides is 3. The maximum Gasteiger partial charge on any atom is 0.418 e. The zero-order valence-electron chi connectivity index (χ0n) is 20.0. The van der Waals surface area contributed by atoms with Gasteiger partial charge in [0.1, 0.15) is 33.9 Å². The first-order chi connectivity index (χ1) is 16.5. The number of aromatic nitrogens is 4. The number of rotatable bonds is 9. The van der Waals surface area contributed by atoms with Crippen LogP contribution in [0.15, 0.2) is 6.07 Å². The highest BCUT2D eigenvalue weighted by molar-refractivity contribution is 5.96. The molecule has 0 radical (unpaired) electrons. The molecule has 3 aromatic heterocycles. The number of aryl methyl sites for hydroxylation is 1. The van der Waals surface area contributed by atoms with Crippen LogP contribution in [0.25, 0.3) is 22.3 Å². The fraction of sp³-hybridized carbons (Fsp3) is 0.455. The molecular formula is C22H27F4N7O2. The van der Waals surface area contributed by atoms with E-state index in [9.17, 15) is 13.2 Å². The van der Waals surface area contributed by atoms with Crippen LogP contribution in [0, 0.1) is 12.7 Å². The van der Waals surface area contributed by atoms with Crippen LogP contribution in [0.4, 0.5) is 29.2 Å². The lowest BCUT2D eigenvalue weighted by molar-refractivity contribution is -0.137. The predicted octanol–water partition coefficient (Wildman–Crippen LogP) is 3.95. The van der Waals surface area contributed by atoms with Gasteiger partial charge in [0.15, 0.2) is 5.82 Å². The standard InChI is InChI=1S/C22H27F4N7O2/c1-6-11(3)35-20-13-16(32-21(34-5)33-19(13)29-8-7-28-4)15(23)18(31-20)17-14(22(24,25)26)10(2)9-12(27)30-17/h9,11,28H,6-8H2,1-5H3,(H2,27,30)(H,29,32,33). The molecule has 4 N–H and O–H groups in total. The Morgan fingerprint density at radius 3 is 2.43 bits per heavy atom. The van der Waals surface area contributed by atoms with Crippen LogP contribution < -0.4 is 25.8 Å². The van der Waals surface area contributed by atoms with Crippen LogP contribution >= 0.6 is 0 Å². The largest absolute Gasteiger partial charge is 0.474 e. The molecule has 35 heavy (non-hydrogen) atoms. The number of anilines is 2. The van der Waals surface area contributed by atoms with Gasteiger partial charge in [0, 0.05) is 13.1 Å². The Labute approximate surface area is 199 Å². The van der Waals surface area contributed by atoms with E-state index in [1.165, 1.54) is 14.0 Å². The van der Waals surface area contributed by atoms with Gasteiger partial charge in [-0.25, -0.2) is 14.4 Å². The zero-order chi connectivity index (χ0) is 25.9. The molecule has 3 heterocycles. The van der Waals surface area contributed by atoms with Gasteiger partial charge in [-0.2, -0.15) is 23.1 Å². The van der Waals surface area contributed by atoms with E-state index in [1.807, 2.05) is 6.92 Å². The fourth-order valence-corrected chi connectivity index (χ4v) is 3.39. The molecule has 0 saturated heterocycles. The average molecular weight is 497 g/mol. The van der Waals surface area contributed by atoms with E-state index in [0.29, 0.717) is 19.5 Å². The van der Waals surface area contributed by atoms with E-state index in [-0.39, 0.29) is 40.0 Å². The summed E-state index contributed by atoms with van der Waals surface area (Å²) in [5.74, 6) is -1.34. The number of pyridine rings is 2. The summed E-state index contributed by atoms with van der Waals surface area (Å²) >= 11 is 0. The van der Waals surface area contributed by atoms with Crippen molar-refractivity contribution in [2.75, 3.05) is 38.3 Å². The second-order valence-corrected chi connectivity index (χ2v) is 7.81. The number of nitrogens with two attached hydrogens (primary N) is 1. The van der Waals surface area contributed by atoms with Gasteiger partial charge in [-0.1, -0.05) is 6.92 Å². The van der Waals surface area contributed by atoms with Crippen LogP contribution in [0.3, 0.4) is 0 Å². The third kappa shape index (κ3) is 5.45. The molecule has 0 aliphatic heterocycles. The van der Waals surface area contributed by atoms with E-state index in [1.54, 1.807) is 14.0 Å². The van der Waals surface area contributed by atoms with Crippen LogP contribution in [0.1, 0.15) is 31.4 Å². The number of halogens is 4. The highest BCUT2D eigenvalue weighted by Crippen LogP contribution is 2.42. The minimum atomic E-state index is -4.84. The lowest BCUT2D eigenvalue weighted by atomic mass is 10.0. The molecule has 0 amide bonds. The average Bonchev–Trinajstić information content (AvgIpc) is 2.79. The van der Waals surface area contributed by atoms with Crippen molar-refractivity contribution >= 4 is 22.5 Å². The molecule has 0 aliphatic rings. The highest BCUT2D eigenvalue weighted by atomic mass is 19.4. The zero-order valence-corrected chi connectivity index (χ0v) is 20.0. The summed E-state index contributed by atoms with van der Waals surface area (Å²) in [6, 6.07) is 0.874. The third-order valence-electron chi connectivity index (χ3n) is 5.21. The summed E-state index contributed by atoms with van der Waals surface area (Å²) in [6.45, 7) is 5.76. The van der Waals surface area contributed by atoms with Crippen molar-refractivity contribution in [2.24, 2.45) is 0 Å². The van der Waals surface area contributed by atoms with Crippen molar-refractivity contribution in [3.8, 4) is 23.3 Å². The smallest absolute Gasteiger partial charge is 0.418 e. The summed E-state index contributed by atoms with van der Waals surface area (Å²) in [5, 5.41) is 6.07. The molecule has 3 rings (SSSR count). The second-order valence-electron chi connectivity index (χ2n) is 7.81. The van der Waals surface area contributed by atoms with Gasteiger partial charge >= 0.3 is 12.2 Å². The van der Waals surface area contributed by atoms with Gasteiger partial charge in [0.05, 0.1) is 18.8 Å². The fourth-order valence-electron chi connectivity index (χ4n) is 3.39. The molecule has 9 nitrogen and oxygen atoms in total. The van der Waals surface area contributed by atoms with E-state index < -0.39 is 35.0 Å². The van der Waals surface area contributed by atoms with E-state index in [4.69, 9.17) is 15.2 Å². The van der Waals surface area contributed by atoms with Crippen LogP contribution in [-0.2, 0) is 6.18 Å². The molecule has 1 unspecified atom stereocenters. The number of nitrogen functional groups attached to an aromatic ring is 1. The number of ether oxygens (including phenoxy) is 2. The first-order valence-corrected chi connectivity index (χ1v) is 10.9. The van der Waals surface area contributed by atoms with Crippen molar-refractivity contribution in [1.29, 1.82) is 0 Å². The topological polar surface area (TPSA) is 120 Å².